The summed E-state index contributed by atoms with van der Waals surface area (Å²) in [7, 11) is 0. The van der Waals surface area contributed by atoms with Gasteiger partial charge in [0.1, 0.15) is 11.2 Å². The molecule has 0 aliphatic carbocycles. The Labute approximate surface area is 194 Å². The Hall–Kier alpha value is -3.42. The maximum atomic E-state index is 13.3. The molecule has 0 saturated carbocycles. The minimum absolute atomic E-state index is 0.115. The Morgan fingerprint density at radius 2 is 1.64 bits per heavy atom. The van der Waals surface area contributed by atoms with Crippen LogP contribution in [0.5, 0.6) is 0 Å². The molecule has 1 aliphatic heterocycles. The van der Waals surface area contributed by atoms with Gasteiger partial charge in [0, 0.05) is 44.0 Å². The Morgan fingerprint density at radius 1 is 1.00 bits per heavy atom. The van der Waals surface area contributed by atoms with Crippen LogP contribution in [0.1, 0.15) is 53.6 Å². The van der Waals surface area contributed by atoms with Crippen LogP contribution in [-0.2, 0) is 11.2 Å². The van der Waals surface area contributed by atoms with Crippen molar-refractivity contribution in [1.29, 1.82) is 0 Å². The summed E-state index contributed by atoms with van der Waals surface area (Å²) >= 11 is 0. The third-order valence-corrected chi connectivity index (χ3v) is 5.88. The molecule has 1 aromatic carbocycles. The highest BCUT2D eigenvalue weighted by Gasteiger charge is 2.29. The smallest absolute Gasteiger partial charge is 0.410 e. The minimum Gasteiger partial charge on any atom is -0.444 e. The molecular formula is C25H31N5O3. The Morgan fingerprint density at radius 3 is 2.27 bits per heavy atom. The Bertz CT molecular complexity index is 1170. The van der Waals surface area contributed by atoms with Gasteiger partial charge in [-0.05, 0) is 45.7 Å². The lowest BCUT2D eigenvalue weighted by atomic mass is 10.0. The largest absolute Gasteiger partial charge is 0.444 e. The van der Waals surface area contributed by atoms with Gasteiger partial charge in [0.25, 0.3) is 5.91 Å². The molecule has 1 fully saturated rings. The molecule has 2 amide bonds. The number of aromatic nitrogens is 3. The van der Waals surface area contributed by atoms with Gasteiger partial charge < -0.3 is 14.5 Å². The fraction of sp³-hybridized carbons (Fsp3) is 0.440. The lowest BCUT2D eigenvalue weighted by Crippen LogP contribution is -2.51. The van der Waals surface area contributed by atoms with Gasteiger partial charge >= 0.3 is 6.09 Å². The zero-order chi connectivity index (χ0) is 23.8. The minimum atomic E-state index is -0.540. The van der Waals surface area contributed by atoms with Crippen LogP contribution in [0, 0.1) is 13.8 Å². The van der Waals surface area contributed by atoms with Crippen molar-refractivity contribution in [2.75, 3.05) is 26.2 Å². The van der Waals surface area contributed by atoms with Crippen LogP contribution in [0.3, 0.4) is 0 Å². The number of amides is 2. The summed E-state index contributed by atoms with van der Waals surface area (Å²) in [5.41, 5.74) is 4.71. The van der Waals surface area contributed by atoms with E-state index in [1.165, 1.54) is 5.56 Å². The van der Waals surface area contributed by atoms with E-state index in [1.54, 1.807) is 20.5 Å². The molecule has 0 unspecified atom stereocenters. The molecule has 0 bridgehead atoms. The zero-order valence-electron chi connectivity index (χ0n) is 20.0. The van der Waals surface area contributed by atoms with Gasteiger partial charge in [-0.25, -0.2) is 14.3 Å². The molecule has 3 heterocycles. The summed E-state index contributed by atoms with van der Waals surface area (Å²) in [6.07, 6.45) is 2.02. The summed E-state index contributed by atoms with van der Waals surface area (Å²) in [4.78, 5) is 33.7. The van der Waals surface area contributed by atoms with Crippen LogP contribution in [0.15, 0.2) is 36.5 Å². The first-order valence-electron chi connectivity index (χ1n) is 11.3. The molecule has 8 heteroatoms. The number of nitrogens with zero attached hydrogens (tertiary/aromatic N) is 5. The van der Waals surface area contributed by atoms with Crippen molar-refractivity contribution in [1.82, 2.24) is 24.4 Å². The number of hydrogen-bond acceptors (Lipinski definition) is 5. The van der Waals surface area contributed by atoms with Crippen LogP contribution in [0.2, 0.25) is 0 Å². The molecule has 0 spiro atoms. The number of rotatable bonds is 3. The predicted molar refractivity (Wildman–Crippen MR) is 125 cm³/mol. The Balaban J connectivity index is 1.51. The van der Waals surface area contributed by atoms with Gasteiger partial charge in [-0.3, -0.25) is 4.79 Å². The lowest BCUT2D eigenvalue weighted by Gasteiger charge is -2.35. The molecule has 2 aromatic heterocycles. The van der Waals surface area contributed by atoms with Gasteiger partial charge in [-0.2, -0.15) is 5.10 Å². The van der Waals surface area contributed by atoms with Crippen LogP contribution in [0.4, 0.5) is 4.79 Å². The van der Waals surface area contributed by atoms with E-state index >= 15 is 0 Å². The molecule has 1 aliphatic rings. The number of aryl methyl sites for hydroxylation is 2. The number of hydrogen-bond donors (Lipinski definition) is 0. The van der Waals surface area contributed by atoms with Gasteiger partial charge in [0.15, 0.2) is 5.65 Å². The van der Waals surface area contributed by atoms with Crippen LogP contribution in [0.25, 0.3) is 5.65 Å². The third-order valence-electron chi connectivity index (χ3n) is 5.88. The fourth-order valence-corrected chi connectivity index (χ4v) is 4.11. The standard InChI is InChI=1S/C25H31N5O3/c1-17-20(15-19-9-7-6-8-10-19)18(2)30-22(27-17)21(16-26-30)23(31)28-11-13-29(14-12-28)24(32)33-25(3,4)5/h6-10,16H,11-15H2,1-5H3. The molecule has 0 radical (unpaired) electrons. The van der Waals surface area contributed by atoms with Gasteiger partial charge in [0.2, 0.25) is 0 Å². The lowest BCUT2D eigenvalue weighted by molar-refractivity contribution is 0.0141. The number of piperazine rings is 1. The molecule has 0 N–H and O–H groups in total. The molecule has 33 heavy (non-hydrogen) atoms. The molecule has 1 saturated heterocycles. The molecule has 4 rings (SSSR count). The highest BCUT2D eigenvalue weighted by atomic mass is 16.6. The molecule has 0 atom stereocenters. The van der Waals surface area contributed by atoms with Crippen LogP contribution < -0.4 is 0 Å². The summed E-state index contributed by atoms with van der Waals surface area (Å²) in [5.74, 6) is -0.115. The van der Waals surface area contributed by atoms with Gasteiger partial charge in [-0.15, -0.1) is 0 Å². The monoisotopic (exact) mass is 449 g/mol. The first-order valence-corrected chi connectivity index (χ1v) is 11.3. The predicted octanol–water partition coefficient (Wildman–Crippen LogP) is 3.63. The first kappa shape index (κ1) is 22.8. The van der Waals surface area contributed by atoms with Crippen molar-refractivity contribution in [3.8, 4) is 0 Å². The van der Waals surface area contributed by atoms with E-state index in [1.807, 2.05) is 52.8 Å². The maximum absolute atomic E-state index is 13.3. The molecular weight excluding hydrogens is 418 g/mol. The quantitative estimate of drug-likeness (QED) is 0.610. The summed E-state index contributed by atoms with van der Waals surface area (Å²) in [6, 6.07) is 10.2. The van der Waals surface area contributed by atoms with Crippen molar-refractivity contribution >= 4 is 17.6 Å². The normalized spacial score (nSPS) is 14.6. The number of ether oxygens (including phenoxy) is 1. The molecule has 174 valence electrons. The highest BCUT2D eigenvalue weighted by Crippen LogP contribution is 2.22. The third kappa shape index (κ3) is 4.84. The maximum Gasteiger partial charge on any atom is 0.410 e. The van der Waals surface area contributed by atoms with Crippen molar-refractivity contribution in [2.24, 2.45) is 0 Å². The topological polar surface area (TPSA) is 80.0 Å². The average molecular weight is 450 g/mol. The van der Waals surface area contributed by atoms with Gasteiger partial charge in [0.05, 0.1) is 6.20 Å². The first-order chi connectivity index (χ1) is 15.6. The zero-order valence-corrected chi connectivity index (χ0v) is 20.0. The number of carbonyl (C=O) groups is 2. The van der Waals surface area contributed by atoms with Crippen molar-refractivity contribution in [3.05, 3.63) is 64.6 Å². The second kappa shape index (κ2) is 8.84. The van der Waals surface area contributed by atoms with Gasteiger partial charge in [-0.1, -0.05) is 30.3 Å². The van der Waals surface area contributed by atoms with E-state index in [2.05, 4.69) is 17.2 Å². The van der Waals surface area contributed by atoms with E-state index in [9.17, 15) is 9.59 Å². The Kier molecular flexibility index (Phi) is 6.10. The summed E-state index contributed by atoms with van der Waals surface area (Å²) in [5, 5.41) is 4.48. The fourth-order valence-electron chi connectivity index (χ4n) is 4.11. The van der Waals surface area contributed by atoms with E-state index in [4.69, 9.17) is 9.72 Å². The molecule has 3 aromatic rings. The van der Waals surface area contributed by atoms with E-state index < -0.39 is 5.60 Å². The van der Waals surface area contributed by atoms with Crippen LogP contribution >= 0.6 is 0 Å². The van der Waals surface area contributed by atoms with Crippen molar-refractivity contribution < 1.29 is 14.3 Å². The van der Waals surface area contributed by atoms with E-state index in [-0.39, 0.29) is 12.0 Å². The number of benzene rings is 1. The van der Waals surface area contributed by atoms with E-state index in [0.29, 0.717) is 37.4 Å². The number of carbonyl (C=O) groups excluding carboxylic acids is 2. The van der Waals surface area contributed by atoms with Crippen LogP contribution in [-0.4, -0.2) is 68.2 Å². The molecule has 8 nitrogen and oxygen atoms in total. The number of fused-ring (bicyclic) bond motifs is 1. The van der Waals surface area contributed by atoms with Crippen molar-refractivity contribution in [2.45, 2.75) is 46.6 Å². The average Bonchev–Trinajstić information content (AvgIpc) is 3.19. The summed E-state index contributed by atoms with van der Waals surface area (Å²) < 4.78 is 7.20. The summed E-state index contributed by atoms with van der Waals surface area (Å²) in [6.45, 7) is 11.3. The second-order valence-corrected chi connectivity index (χ2v) is 9.48. The SMILES string of the molecule is Cc1nc2c(C(=O)N3CCN(C(=O)OC(C)(C)C)CC3)cnn2c(C)c1Cc1ccccc1. The van der Waals surface area contributed by atoms with E-state index in [0.717, 1.165) is 23.4 Å². The second-order valence-electron chi connectivity index (χ2n) is 9.48. The highest BCUT2D eigenvalue weighted by molar-refractivity contribution is 5.99. The van der Waals surface area contributed by atoms with Crippen molar-refractivity contribution in [3.63, 3.8) is 0 Å².